The lowest BCUT2D eigenvalue weighted by atomic mass is 9.87. The first kappa shape index (κ1) is 16.7. The van der Waals surface area contributed by atoms with Gasteiger partial charge in [-0.05, 0) is 18.8 Å². The summed E-state index contributed by atoms with van der Waals surface area (Å²) in [6, 6.07) is -1.29. The zero-order chi connectivity index (χ0) is 14.2. The summed E-state index contributed by atoms with van der Waals surface area (Å²) >= 11 is 0. The Balaban J connectivity index is 3.92. The van der Waals surface area contributed by atoms with Gasteiger partial charge in [-0.3, -0.25) is 4.79 Å². The van der Waals surface area contributed by atoms with Crippen molar-refractivity contribution in [1.29, 1.82) is 0 Å². The Morgan fingerprint density at radius 3 is 2.39 bits per heavy atom. The molecule has 0 aromatic rings. The molecular formula is C13H26N2O3. The summed E-state index contributed by atoms with van der Waals surface area (Å²) in [7, 11) is 0. The summed E-state index contributed by atoms with van der Waals surface area (Å²) in [5.41, 5.74) is 0.0406. The van der Waals surface area contributed by atoms with Gasteiger partial charge in [0, 0.05) is 6.54 Å². The van der Waals surface area contributed by atoms with Crippen molar-refractivity contribution in [2.75, 3.05) is 6.54 Å². The molecule has 0 aliphatic heterocycles. The lowest BCUT2D eigenvalue weighted by Crippen LogP contribution is -2.46. The highest BCUT2D eigenvalue weighted by atomic mass is 16.4. The lowest BCUT2D eigenvalue weighted by molar-refractivity contribution is -0.138. The summed E-state index contributed by atoms with van der Waals surface area (Å²) in [5, 5.41) is 13.8. The molecule has 0 aliphatic rings. The van der Waals surface area contributed by atoms with E-state index >= 15 is 0 Å². The number of hydrogen-bond donors (Lipinski definition) is 3. The van der Waals surface area contributed by atoms with Crippen LogP contribution in [0, 0.1) is 5.41 Å². The molecule has 0 bridgehead atoms. The standard InChI is InChI=1S/C13H26N2O3/c1-5-6-7-8-13(3,4)9-14-12(18)15-10(2)11(16)17/h10H,5-9H2,1-4H3,(H,16,17)(H2,14,15,18)/t10-/m0/s1. The van der Waals surface area contributed by atoms with Gasteiger partial charge in [0.25, 0.3) is 0 Å². The van der Waals surface area contributed by atoms with E-state index in [0.29, 0.717) is 6.54 Å². The van der Waals surface area contributed by atoms with Gasteiger partial charge in [0.2, 0.25) is 0 Å². The third-order valence-corrected chi connectivity index (χ3v) is 2.90. The second-order valence-electron chi connectivity index (χ2n) is 5.51. The molecule has 106 valence electrons. The Morgan fingerprint density at radius 1 is 1.28 bits per heavy atom. The van der Waals surface area contributed by atoms with Gasteiger partial charge in [-0.25, -0.2) is 4.79 Å². The molecule has 18 heavy (non-hydrogen) atoms. The highest BCUT2D eigenvalue weighted by Gasteiger charge is 2.19. The van der Waals surface area contributed by atoms with E-state index in [-0.39, 0.29) is 5.41 Å². The molecule has 0 saturated heterocycles. The SMILES string of the molecule is CCCCCC(C)(C)CNC(=O)N[C@@H](C)C(=O)O. The van der Waals surface area contributed by atoms with E-state index in [1.807, 2.05) is 0 Å². The first-order chi connectivity index (χ1) is 8.28. The molecule has 0 spiro atoms. The van der Waals surface area contributed by atoms with Crippen LogP contribution in [0.5, 0.6) is 0 Å². The summed E-state index contributed by atoms with van der Waals surface area (Å²) < 4.78 is 0. The molecule has 0 aromatic carbocycles. The summed E-state index contributed by atoms with van der Waals surface area (Å²) in [4.78, 5) is 22.0. The molecule has 0 aliphatic carbocycles. The predicted molar refractivity (Wildman–Crippen MR) is 71.6 cm³/mol. The van der Waals surface area contributed by atoms with E-state index in [9.17, 15) is 9.59 Å². The Kier molecular flexibility index (Phi) is 7.39. The largest absolute Gasteiger partial charge is 0.480 e. The first-order valence-corrected chi connectivity index (χ1v) is 6.55. The average molecular weight is 258 g/mol. The fourth-order valence-electron chi connectivity index (χ4n) is 1.57. The molecule has 0 fully saturated rings. The number of urea groups is 1. The number of hydrogen-bond acceptors (Lipinski definition) is 2. The van der Waals surface area contributed by atoms with Crippen LogP contribution in [0.25, 0.3) is 0 Å². The summed E-state index contributed by atoms with van der Waals surface area (Å²) in [6.45, 7) is 8.35. The van der Waals surface area contributed by atoms with Crippen molar-refractivity contribution in [2.45, 2.75) is 59.4 Å². The van der Waals surface area contributed by atoms with Gasteiger partial charge in [-0.1, -0.05) is 40.0 Å². The van der Waals surface area contributed by atoms with Gasteiger partial charge in [-0.15, -0.1) is 0 Å². The maximum Gasteiger partial charge on any atom is 0.325 e. The number of carbonyl (C=O) groups excluding carboxylic acids is 1. The number of rotatable bonds is 8. The van der Waals surface area contributed by atoms with Crippen molar-refractivity contribution in [3.8, 4) is 0 Å². The van der Waals surface area contributed by atoms with Crippen LogP contribution in [0.4, 0.5) is 4.79 Å². The van der Waals surface area contributed by atoms with E-state index in [4.69, 9.17) is 5.11 Å². The number of aliphatic carboxylic acids is 1. The number of nitrogens with one attached hydrogen (secondary N) is 2. The molecule has 1 atom stereocenters. The van der Waals surface area contributed by atoms with Crippen LogP contribution in [0.2, 0.25) is 0 Å². The van der Waals surface area contributed by atoms with Crippen molar-refractivity contribution in [2.24, 2.45) is 5.41 Å². The molecule has 0 unspecified atom stereocenters. The van der Waals surface area contributed by atoms with Crippen molar-refractivity contribution < 1.29 is 14.7 Å². The second-order valence-corrected chi connectivity index (χ2v) is 5.51. The molecule has 5 nitrogen and oxygen atoms in total. The van der Waals surface area contributed by atoms with Crippen LogP contribution in [0.1, 0.15) is 53.4 Å². The molecule has 0 heterocycles. The fourth-order valence-corrected chi connectivity index (χ4v) is 1.57. The van der Waals surface area contributed by atoms with E-state index in [0.717, 1.165) is 12.8 Å². The van der Waals surface area contributed by atoms with Crippen LogP contribution in [-0.2, 0) is 4.79 Å². The maximum atomic E-state index is 11.4. The van der Waals surface area contributed by atoms with Gasteiger partial charge in [0.15, 0.2) is 0 Å². The zero-order valence-electron chi connectivity index (χ0n) is 11.9. The third-order valence-electron chi connectivity index (χ3n) is 2.90. The van der Waals surface area contributed by atoms with Crippen molar-refractivity contribution in [3.05, 3.63) is 0 Å². The molecular weight excluding hydrogens is 232 g/mol. The molecule has 0 radical (unpaired) electrons. The number of carbonyl (C=O) groups is 2. The molecule has 3 N–H and O–H groups in total. The molecule has 0 saturated carbocycles. The highest BCUT2D eigenvalue weighted by molar-refractivity contribution is 5.82. The minimum absolute atomic E-state index is 0.0406. The molecule has 0 rings (SSSR count). The van der Waals surface area contributed by atoms with Crippen molar-refractivity contribution in [1.82, 2.24) is 10.6 Å². The van der Waals surface area contributed by atoms with Crippen LogP contribution < -0.4 is 10.6 Å². The fraction of sp³-hybridized carbons (Fsp3) is 0.846. The van der Waals surface area contributed by atoms with Crippen molar-refractivity contribution >= 4 is 12.0 Å². The van der Waals surface area contributed by atoms with Crippen LogP contribution >= 0.6 is 0 Å². The van der Waals surface area contributed by atoms with Crippen molar-refractivity contribution in [3.63, 3.8) is 0 Å². The second kappa shape index (κ2) is 7.95. The van der Waals surface area contributed by atoms with Crippen LogP contribution in [0.15, 0.2) is 0 Å². The molecule has 2 amide bonds. The van der Waals surface area contributed by atoms with Crippen LogP contribution in [-0.4, -0.2) is 29.7 Å². The Labute approximate surface area is 109 Å². The average Bonchev–Trinajstić information content (AvgIpc) is 2.26. The monoisotopic (exact) mass is 258 g/mol. The Hall–Kier alpha value is -1.26. The highest BCUT2D eigenvalue weighted by Crippen LogP contribution is 2.22. The quantitative estimate of drug-likeness (QED) is 0.585. The Morgan fingerprint density at radius 2 is 1.89 bits per heavy atom. The van der Waals surface area contributed by atoms with Gasteiger partial charge in [0.05, 0.1) is 0 Å². The maximum absolute atomic E-state index is 11.4. The zero-order valence-corrected chi connectivity index (χ0v) is 11.9. The molecule has 5 heteroatoms. The lowest BCUT2D eigenvalue weighted by Gasteiger charge is -2.25. The minimum atomic E-state index is -1.03. The number of carboxylic acid groups (broad SMARTS) is 1. The Bertz CT molecular complexity index is 277. The van der Waals surface area contributed by atoms with E-state index in [2.05, 4.69) is 31.4 Å². The summed E-state index contributed by atoms with van der Waals surface area (Å²) in [6.07, 6.45) is 4.58. The summed E-state index contributed by atoms with van der Waals surface area (Å²) in [5.74, 6) is -1.03. The molecule has 0 aromatic heterocycles. The topological polar surface area (TPSA) is 78.4 Å². The minimum Gasteiger partial charge on any atom is -0.480 e. The smallest absolute Gasteiger partial charge is 0.325 e. The van der Waals surface area contributed by atoms with Gasteiger partial charge in [-0.2, -0.15) is 0 Å². The van der Waals surface area contributed by atoms with Gasteiger partial charge in [0.1, 0.15) is 6.04 Å². The predicted octanol–water partition coefficient (Wildman–Crippen LogP) is 2.37. The van der Waals surface area contributed by atoms with E-state index in [1.165, 1.54) is 19.8 Å². The number of carboxylic acids is 1. The van der Waals surface area contributed by atoms with Gasteiger partial charge < -0.3 is 15.7 Å². The third kappa shape index (κ3) is 7.92. The van der Waals surface area contributed by atoms with Crippen LogP contribution in [0.3, 0.4) is 0 Å². The van der Waals surface area contributed by atoms with E-state index in [1.54, 1.807) is 0 Å². The number of unbranched alkanes of at least 4 members (excludes halogenated alkanes) is 2. The van der Waals surface area contributed by atoms with E-state index < -0.39 is 18.0 Å². The van der Waals surface area contributed by atoms with Gasteiger partial charge >= 0.3 is 12.0 Å². The first-order valence-electron chi connectivity index (χ1n) is 6.55. The normalized spacial score (nSPS) is 12.9. The number of amides is 2.